The van der Waals surface area contributed by atoms with Crippen LogP contribution < -0.4 is 5.73 Å². The fourth-order valence-electron chi connectivity index (χ4n) is 2.54. The summed E-state index contributed by atoms with van der Waals surface area (Å²) in [6.45, 7) is 3.07. The van der Waals surface area contributed by atoms with Gasteiger partial charge in [-0.2, -0.15) is 0 Å². The predicted octanol–water partition coefficient (Wildman–Crippen LogP) is 1.14. The standard InChI is InChI=1S/C12H27N3/c1-14(2)9-10-15(3)12(11-13)7-5-4-6-8-12/h4-11,13H2,1-3H3. The zero-order chi connectivity index (χ0) is 11.3. The van der Waals surface area contributed by atoms with Crippen LogP contribution in [0.4, 0.5) is 0 Å². The minimum atomic E-state index is 0.300. The maximum atomic E-state index is 5.99. The summed E-state index contributed by atoms with van der Waals surface area (Å²) >= 11 is 0. The van der Waals surface area contributed by atoms with E-state index in [9.17, 15) is 0 Å². The Bertz CT molecular complexity index is 174. The lowest BCUT2D eigenvalue weighted by atomic mass is 9.80. The molecule has 1 rings (SSSR count). The van der Waals surface area contributed by atoms with Crippen LogP contribution in [0, 0.1) is 0 Å². The largest absolute Gasteiger partial charge is 0.329 e. The lowest BCUT2D eigenvalue weighted by molar-refractivity contribution is 0.0765. The normalized spacial score (nSPS) is 21.2. The van der Waals surface area contributed by atoms with Gasteiger partial charge in [-0.15, -0.1) is 0 Å². The molecule has 0 spiro atoms. The highest BCUT2D eigenvalue weighted by Gasteiger charge is 2.34. The molecule has 0 radical (unpaired) electrons. The zero-order valence-electron chi connectivity index (χ0n) is 10.6. The molecule has 0 aromatic carbocycles. The molecule has 1 aliphatic carbocycles. The summed E-state index contributed by atoms with van der Waals surface area (Å²) in [5.41, 5.74) is 6.29. The summed E-state index contributed by atoms with van der Waals surface area (Å²) in [6, 6.07) is 0. The van der Waals surface area contributed by atoms with Crippen molar-refractivity contribution in [1.29, 1.82) is 0 Å². The van der Waals surface area contributed by atoms with Crippen LogP contribution >= 0.6 is 0 Å². The molecule has 0 saturated heterocycles. The summed E-state index contributed by atoms with van der Waals surface area (Å²) in [4.78, 5) is 4.73. The van der Waals surface area contributed by atoms with Crippen molar-refractivity contribution in [2.75, 3.05) is 40.8 Å². The van der Waals surface area contributed by atoms with E-state index in [0.717, 1.165) is 19.6 Å². The fraction of sp³-hybridized carbons (Fsp3) is 1.00. The van der Waals surface area contributed by atoms with Gasteiger partial charge in [0.2, 0.25) is 0 Å². The predicted molar refractivity (Wildman–Crippen MR) is 66.1 cm³/mol. The molecule has 15 heavy (non-hydrogen) atoms. The number of likely N-dealkylation sites (N-methyl/N-ethyl adjacent to an activating group) is 2. The van der Waals surface area contributed by atoms with Gasteiger partial charge in [0.25, 0.3) is 0 Å². The van der Waals surface area contributed by atoms with Crippen LogP contribution in [0.25, 0.3) is 0 Å². The molecule has 1 fully saturated rings. The Morgan fingerprint density at radius 3 is 2.07 bits per heavy atom. The lowest BCUT2D eigenvalue weighted by Crippen LogP contribution is -2.54. The molecule has 90 valence electrons. The molecule has 0 unspecified atom stereocenters. The van der Waals surface area contributed by atoms with E-state index < -0.39 is 0 Å². The maximum Gasteiger partial charge on any atom is 0.0329 e. The molecule has 0 aromatic rings. The average Bonchev–Trinajstić information content (AvgIpc) is 2.26. The molecule has 3 heteroatoms. The van der Waals surface area contributed by atoms with Crippen LogP contribution in [-0.4, -0.2) is 56.1 Å². The Morgan fingerprint density at radius 2 is 1.60 bits per heavy atom. The number of rotatable bonds is 5. The van der Waals surface area contributed by atoms with Crippen molar-refractivity contribution >= 4 is 0 Å². The summed E-state index contributed by atoms with van der Waals surface area (Å²) < 4.78 is 0. The van der Waals surface area contributed by atoms with Gasteiger partial charge in [-0.05, 0) is 34.0 Å². The van der Waals surface area contributed by atoms with E-state index in [-0.39, 0.29) is 0 Å². The number of nitrogens with zero attached hydrogens (tertiary/aromatic N) is 2. The zero-order valence-corrected chi connectivity index (χ0v) is 10.6. The van der Waals surface area contributed by atoms with E-state index in [0.29, 0.717) is 5.54 Å². The van der Waals surface area contributed by atoms with E-state index in [1.54, 1.807) is 0 Å². The van der Waals surface area contributed by atoms with Gasteiger partial charge in [0.1, 0.15) is 0 Å². The summed E-state index contributed by atoms with van der Waals surface area (Å²) in [7, 11) is 6.50. The van der Waals surface area contributed by atoms with Crippen molar-refractivity contribution in [2.24, 2.45) is 5.73 Å². The SMILES string of the molecule is CN(C)CCN(C)C1(CN)CCCCC1. The van der Waals surface area contributed by atoms with Gasteiger partial charge in [0.05, 0.1) is 0 Å². The van der Waals surface area contributed by atoms with Gasteiger partial charge in [0.15, 0.2) is 0 Å². The fourth-order valence-corrected chi connectivity index (χ4v) is 2.54. The summed E-state index contributed by atoms with van der Waals surface area (Å²) in [5, 5.41) is 0. The van der Waals surface area contributed by atoms with Crippen LogP contribution in [-0.2, 0) is 0 Å². The maximum absolute atomic E-state index is 5.99. The highest BCUT2D eigenvalue weighted by Crippen LogP contribution is 2.31. The molecule has 0 amide bonds. The van der Waals surface area contributed by atoms with Crippen LogP contribution in [0.3, 0.4) is 0 Å². The third-order valence-electron chi connectivity index (χ3n) is 3.86. The van der Waals surface area contributed by atoms with Crippen molar-refractivity contribution in [1.82, 2.24) is 9.80 Å². The van der Waals surface area contributed by atoms with Crippen LogP contribution in [0.15, 0.2) is 0 Å². The first-order valence-electron chi connectivity index (χ1n) is 6.17. The Labute approximate surface area is 94.6 Å². The smallest absolute Gasteiger partial charge is 0.0329 e. The average molecular weight is 213 g/mol. The second kappa shape index (κ2) is 5.83. The lowest BCUT2D eigenvalue weighted by Gasteiger charge is -2.44. The van der Waals surface area contributed by atoms with Crippen LogP contribution in [0.5, 0.6) is 0 Å². The molecule has 0 aromatic heterocycles. The second-order valence-corrected chi connectivity index (χ2v) is 5.21. The first kappa shape index (κ1) is 12.9. The number of nitrogens with two attached hydrogens (primary N) is 1. The van der Waals surface area contributed by atoms with Crippen molar-refractivity contribution in [3.05, 3.63) is 0 Å². The molecular formula is C12H27N3. The van der Waals surface area contributed by atoms with E-state index >= 15 is 0 Å². The molecule has 1 saturated carbocycles. The Kier molecular flexibility index (Phi) is 5.03. The van der Waals surface area contributed by atoms with Gasteiger partial charge in [-0.3, -0.25) is 4.90 Å². The first-order chi connectivity index (χ1) is 7.10. The van der Waals surface area contributed by atoms with Gasteiger partial charge in [-0.1, -0.05) is 19.3 Å². The minimum absolute atomic E-state index is 0.300. The molecular weight excluding hydrogens is 186 g/mol. The summed E-state index contributed by atoms with van der Waals surface area (Å²) in [6.07, 6.45) is 6.66. The molecule has 0 bridgehead atoms. The van der Waals surface area contributed by atoms with E-state index in [1.807, 2.05) is 0 Å². The quantitative estimate of drug-likeness (QED) is 0.743. The third-order valence-corrected chi connectivity index (χ3v) is 3.86. The van der Waals surface area contributed by atoms with Gasteiger partial charge in [-0.25, -0.2) is 0 Å². The minimum Gasteiger partial charge on any atom is -0.329 e. The van der Waals surface area contributed by atoms with Crippen molar-refractivity contribution < 1.29 is 0 Å². The van der Waals surface area contributed by atoms with Crippen LogP contribution in [0.1, 0.15) is 32.1 Å². The van der Waals surface area contributed by atoms with Gasteiger partial charge >= 0.3 is 0 Å². The highest BCUT2D eigenvalue weighted by molar-refractivity contribution is 4.92. The molecule has 2 N–H and O–H groups in total. The number of hydrogen-bond donors (Lipinski definition) is 1. The molecule has 0 heterocycles. The molecule has 3 nitrogen and oxygen atoms in total. The third kappa shape index (κ3) is 3.44. The number of hydrogen-bond acceptors (Lipinski definition) is 3. The molecule has 0 atom stereocenters. The Balaban J connectivity index is 2.48. The monoisotopic (exact) mass is 213 g/mol. The van der Waals surface area contributed by atoms with Crippen molar-refractivity contribution in [3.63, 3.8) is 0 Å². The molecule has 0 aliphatic heterocycles. The molecule has 1 aliphatic rings. The first-order valence-corrected chi connectivity index (χ1v) is 6.17. The Hall–Kier alpha value is -0.120. The van der Waals surface area contributed by atoms with Gasteiger partial charge < -0.3 is 10.6 Å². The van der Waals surface area contributed by atoms with E-state index in [2.05, 4.69) is 30.9 Å². The van der Waals surface area contributed by atoms with Gasteiger partial charge in [0, 0.05) is 25.2 Å². The highest BCUT2D eigenvalue weighted by atomic mass is 15.2. The van der Waals surface area contributed by atoms with Crippen LogP contribution in [0.2, 0.25) is 0 Å². The van der Waals surface area contributed by atoms with Crippen molar-refractivity contribution in [2.45, 2.75) is 37.6 Å². The van der Waals surface area contributed by atoms with E-state index in [4.69, 9.17) is 5.73 Å². The summed E-state index contributed by atoms with van der Waals surface area (Å²) in [5.74, 6) is 0. The Morgan fingerprint density at radius 1 is 1.00 bits per heavy atom. The second-order valence-electron chi connectivity index (χ2n) is 5.21. The van der Waals surface area contributed by atoms with Crippen molar-refractivity contribution in [3.8, 4) is 0 Å². The topological polar surface area (TPSA) is 32.5 Å². The van der Waals surface area contributed by atoms with E-state index in [1.165, 1.54) is 32.1 Å².